The molecule has 0 atom stereocenters. The maximum absolute atomic E-state index is 12.8. The highest BCUT2D eigenvalue weighted by atomic mass is 32.1. The lowest BCUT2D eigenvalue weighted by Crippen LogP contribution is -2.30. The van der Waals surface area contributed by atoms with Crippen molar-refractivity contribution in [1.29, 1.82) is 0 Å². The van der Waals surface area contributed by atoms with Gasteiger partial charge in [0.1, 0.15) is 0 Å². The van der Waals surface area contributed by atoms with Gasteiger partial charge in [-0.3, -0.25) is 9.78 Å². The second-order valence-electron chi connectivity index (χ2n) is 4.77. The first-order valence-corrected chi connectivity index (χ1v) is 7.83. The van der Waals surface area contributed by atoms with Crippen molar-refractivity contribution in [2.24, 2.45) is 0 Å². The minimum atomic E-state index is 0.0597. The Balaban J connectivity index is 1.95. The van der Waals surface area contributed by atoms with Crippen molar-refractivity contribution < 1.29 is 4.79 Å². The first-order valence-electron chi connectivity index (χ1n) is 6.95. The predicted molar refractivity (Wildman–Crippen MR) is 86.5 cm³/mol. The van der Waals surface area contributed by atoms with E-state index >= 15 is 0 Å². The molecule has 0 radical (unpaired) electrons. The van der Waals surface area contributed by atoms with Crippen molar-refractivity contribution in [3.05, 3.63) is 64.5 Å². The van der Waals surface area contributed by atoms with Crippen LogP contribution < -0.4 is 0 Å². The summed E-state index contributed by atoms with van der Waals surface area (Å²) in [6.45, 7) is 3.35. The largest absolute Gasteiger partial charge is 0.334 e. The zero-order valence-corrected chi connectivity index (χ0v) is 12.6. The summed E-state index contributed by atoms with van der Waals surface area (Å²) in [5.41, 5.74) is 1.58. The van der Waals surface area contributed by atoms with E-state index in [-0.39, 0.29) is 5.91 Å². The number of aromatic nitrogens is 1. The van der Waals surface area contributed by atoms with Crippen molar-refractivity contribution in [2.75, 3.05) is 6.54 Å². The smallest absolute Gasteiger partial charge is 0.254 e. The first-order chi connectivity index (χ1) is 10.3. The molecule has 0 aliphatic rings. The molecule has 106 valence electrons. The van der Waals surface area contributed by atoms with Gasteiger partial charge < -0.3 is 4.90 Å². The van der Waals surface area contributed by atoms with Gasteiger partial charge in [-0.25, -0.2) is 0 Å². The van der Waals surface area contributed by atoms with Crippen molar-refractivity contribution >= 4 is 28.1 Å². The van der Waals surface area contributed by atoms with Crippen LogP contribution in [0.5, 0.6) is 0 Å². The summed E-state index contributed by atoms with van der Waals surface area (Å²) in [4.78, 5) is 20.2. The highest BCUT2D eigenvalue weighted by molar-refractivity contribution is 7.09. The van der Waals surface area contributed by atoms with Crippen LogP contribution in [0.1, 0.15) is 22.2 Å². The molecule has 3 rings (SSSR count). The summed E-state index contributed by atoms with van der Waals surface area (Å²) in [5, 5.41) is 2.95. The number of benzene rings is 1. The molecule has 0 aliphatic heterocycles. The molecule has 0 saturated carbocycles. The molecule has 2 aromatic heterocycles. The Kier molecular flexibility index (Phi) is 3.97. The van der Waals surface area contributed by atoms with Crippen molar-refractivity contribution in [3.8, 4) is 0 Å². The summed E-state index contributed by atoms with van der Waals surface area (Å²) in [5.74, 6) is 0.0597. The van der Waals surface area contributed by atoms with Crippen LogP contribution in [0.25, 0.3) is 10.9 Å². The molecule has 0 fully saturated rings. The molecular weight excluding hydrogens is 280 g/mol. The lowest BCUT2D eigenvalue weighted by molar-refractivity contribution is 0.0756. The van der Waals surface area contributed by atoms with E-state index in [4.69, 9.17) is 0 Å². The van der Waals surface area contributed by atoms with Crippen molar-refractivity contribution in [3.63, 3.8) is 0 Å². The molecular formula is C17H16N2OS. The van der Waals surface area contributed by atoms with Crippen LogP contribution in [0.3, 0.4) is 0 Å². The van der Waals surface area contributed by atoms with E-state index in [1.165, 1.54) is 4.88 Å². The molecule has 4 heteroatoms. The molecule has 21 heavy (non-hydrogen) atoms. The molecule has 0 saturated heterocycles. The van der Waals surface area contributed by atoms with Gasteiger partial charge in [0.15, 0.2) is 0 Å². The highest BCUT2D eigenvalue weighted by Crippen LogP contribution is 2.20. The SMILES string of the molecule is CCN(Cc1cccs1)C(=O)c1ccnc2ccccc12. The van der Waals surface area contributed by atoms with E-state index < -0.39 is 0 Å². The fraction of sp³-hybridized carbons (Fsp3) is 0.176. The number of carbonyl (C=O) groups excluding carboxylic acids is 1. The van der Waals surface area contributed by atoms with E-state index in [1.54, 1.807) is 17.5 Å². The highest BCUT2D eigenvalue weighted by Gasteiger charge is 2.17. The molecule has 1 aromatic carbocycles. The molecule has 3 nitrogen and oxygen atoms in total. The van der Waals surface area contributed by atoms with Gasteiger partial charge in [-0.15, -0.1) is 11.3 Å². The van der Waals surface area contributed by atoms with Gasteiger partial charge in [0.05, 0.1) is 17.6 Å². The van der Waals surface area contributed by atoms with Crippen LogP contribution in [-0.4, -0.2) is 22.3 Å². The Morgan fingerprint density at radius 2 is 2.05 bits per heavy atom. The van der Waals surface area contributed by atoms with Gasteiger partial charge in [-0.2, -0.15) is 0 Å². The van der Waals surface area contributed by atoms with Crippen LogP contribution in [0.15, 0.2) is 54.0 Å². The summed E-state index contributed by atoms with van der Waals surface area (Å²) < 4.78 is 0. The van der Waals surface area contributed by atoms with E-state index in [9.17, 15) is 4.79 Å². The number of pyridine rings is 1. The monoisotopic (exact) mass is 296 g/mol. The van der Waals surface area contributed by atoms with Gasteiger partial charge in [-0.1, -0.05) is 24.3 Å². The minimum absolute atomic E-state index is 0.0597. The molecule has 2 heterocycles. The molecule has 3 aromatic rings. The number of fused-ring (bicyclic) bond motifs is 1. The third-order valence-corrected chi connectivity index (χ3v) is 4.34. The average molecular weight is 296 g/mol. The summed E-state index contributed by atoms with van der Waals surface area (Å²) >= 11 is 1.68. The maximum atomic E-state index is 12.8. The third-order valence-electron chi connectivity index (χ3n) is 3.48. The lowest BCUT2D eigenvalue weighted by atomic mass is 10.1. The molecule has 0 bridgehead atoms. The first kappa shape index (κ1) is 13.8. The van der Waals surface area contributed by atoms with Gasteiger partial charge in [0.2, 0.25) is 0 Å². The van der Waals surface area contributed by atoms with Gasteiger partial charge in [-0.05, 0) is 30.5 Å². The summed E-state index contributed by atoms with van der Waals surface area (Å²) in [6, 6.07) is 13.6. The van der Waals surface area contributed by atoms with E-state index in [0.29, 0.717) is 13.1 Å². The Morgan fingerprint density at radius 3 is 2.81 bits per heavy atom. The fourth-order valence-electron chi connectivity index (χ4n) is 2.37. The predicted octanol–water partition coefficient (Wildman–Crippen LogP) is 3.96. The Hall–Kier alpha value is -2.20. The number of amides is 1. The topological polar surface area (TPSA) is 33.2 Å². The van der Waals surface area contributed by atoms with E-state index in [0.717, 1.165) is 16.5 Å². The molecule has 0 aliphatic carbocycles. The van der Waals surface area contributed by atoms with Crippen LogP contribution in [0, 0.1) is 0 Å². The van der Waals surface area contributed by atoms with Crippen molar-refractivity contribution in [1.82, 2.24) is 9.88 Å². The number of para-hydroxylation sites is 1. The van der Waals surface area contributed by atoms with Gasteiger partial charge >= 0.3 is 0 Å². The van der Waals surface area contributed by atoms with Gasteiger partial charge in [0, 0.05) is 23.0 Å². The maximum Gasteiger partial charge on any atom is 0.254 e. The normalized spacial score (nSPS) is 10.7. The number of hydrogen-bond donors (Lipinski definition) is 0. The summed E-state index contributed by atoms with van der Waals surface area (Å²) in [7, 11) is 0. The van der Waals surface area contributed by atoms with E-state index in [2.05, 4.69) is 11.1 Å². The quantitative estimate of drug-likeness (QED) is 0.730. The van der Waals surface area contributed by atoms with Crippen LogP contribution in [-0.2, 0) is 6.54 Å². The summed E-state index contributed by atoms with van der Waals surface area (Å²) in [6.07, 6.45) is 1.70. The number of nitrogens with zero attached hydrogens (tertiary/aromatic N) is 2. The Morgan fingerprint density at radius 1 is 1.19 bits per heavy atom. The van der Waals surface area contributed by atoms with Crippen LogP contribution >= 0.6 is 11.3 Å². The molecule has 0 spiro atoms. The molecule has 1 amide bonds. The standard InChI is InChI=1S/C17H16N2OS/c1-2-19(12-13-6-5-11-21-13)17(20)15-9-10-18-16-8-4-3-7-14(15)16/h3-11H,2,12H2,1H3. The molecule has 0 N–H and O–H groups in total. The second-order valence-corrected chi connectivity index (χ2v) is 5.81. The average Bonchev–Trinajstić information content (AvgIpc) is 3.04. The van der Waals surface area contributed by atoms with Crippen LogP contribution in [0.2, 0.25) is 0 Å². The van der Waals surface area contributed by atoms with Crippen molar-refractivity contribution in [2.45, 2.75) is 13.5 Å². The Labute approximate surface area is 127 Å². The number of thiophene rings is 1. The Bertz CT molecular complexity index is 747. The number of hydrogen-bond acceptors (Lipinski definition) is 3. The van der Waals surface area contributed by atoms with Gasteiger partial charge in [0.25, 0.3) is 5.91 Å². The third kappa shape index (κ3) is 2.81. The lowest BCUT2D eigenvalue weighted by Gasteiger charge is -2.21. The zero-order chi connectivity index (χ0) is 14.7. The second kappa shape index (κ2) is 6.06. The van der Waals surface area contributed by atoms with Crippen LogP contribution in [0.4, 0.5) is 0 Å². The fourth-order valence-corrected chi connectivity index (χ4v) is 3.09. The number of rotatable bonds is 4. The van der Waals surface area contributed by atoms with E-state index in [1.807, 2.05) is 53.6 Å². The molecule has 0 unspecified atom stereocenters. The zero-order valence-electron chi connectivity index (χ0n) is 11.8. The minimum Gasteiger partial charge on any atom is -0.334 e. The number of carbonyl (C=O) groups is 1.